The van der Waals surface area contributed by atoms with E-state index in [1.807, 2.05) is 0 Å². The highest BCUT2D eigenvalue weighted by Crippen LogP contribution is 2.44. The molecule has 8 atom stereocenters. The van der Waals surface area contributed by atoms with Crippen molar-refractivity contribution in [3.8, 4) is 0 Å². The number of carbonyl (C=O) groups excluding carboxylic acids is 1. The molecule has 0 unspecified atom stereocenters. The van der Waals surface area contributed by atoms with Crippen LogP contribution in [0.5, 0.6) is 0 Å². The standard InChI is InChI=1S/C20H30N10O8/c21-7(2-1-3-25-18(22)23)15(33)28-10(17(34)35)11-12(32)20(36)9(31)5-37-13(20)16(38-11)30-6-27-8-4-26-19(24)29-14(8)30/h4,6-7,9-13,16,31-32,36H,1-3,5,21H2,(H,28,33)(H,34,35)(H4,22,23,25)(H2,24,26,29)/t7-,9-,10-,11+,12+,13-,16+,20-/m0/s1. The van der Waals surface area contributed by atoms with E-state index < -0.39 is 60.2 Å². The lowest BCUT2D eigenvalue weighted by molar-refractivity contribution is -0.286. The Hall–Kier alpha value is -3.68. The van der Waals surface area contributed by atoms with Crippen LogP contribution < -0.4 is 28.3 Å². The number of amides is 1. The number of nitrogens with one attached hydrogen (secondary N) is 1. The number of fused-ring (bicyclic) bond motifs is 2. The van der Waals surface area contributed by atoms with Crippen molar-refractivity contribution in [3.63, 3.8) is 0 Å². The van der Waals surface area contributed by atoms with Gasteiger partial charge in [0.25, 0.3) is 0 Å². The van der Waals surface area contributed by atoms with E-state index in [9.17, 15) is 30.0 Å². The highest BCUT2D eigenvalue weighted by atomic mass is 16.6. The van der Waals surface area contributed by atoms with Gasteiger partial charge in [-0.1, -0.05) is 0 Å². The molecular weight excluding hydrogens is 508 g/mol. The van der Waals surface area contributed by atoms with Crippen molar-refractivity contribution in [2.75, 3.05) is 18.9 Å². The maximum Gasteiger partial charge on any atom is 0.329 e. The SMILES string of the molecule is NC(N)=NCCC[C@H](N)C(=O)N[C@H](C(=O)O)[C@H]1O[C@@H](n2cnc3cnc(N)nc32)[C@@H]2OC[C@H](O)[C@]2(O)[C@@H]1O. The molecule has 0 radical (unpaired) electrons. The Balaban J connectivity index is 1.62. The number of aliphatic carboxylic acids is 1. The van der Waals surface area contributed by atoms with Gasteiger partial charge in [-0.2, -0.15) is 4.98 Å². The average molecular weight is 539 g/mol. The lowest BCUT2D eigenvalue weighted by Gasteiger charge is -2.48. The summed E-state index contributed by atoms with van der Waals surface area (Å²) in [5, 5.41) is 45.2. The van der Waals surface area contributed by atoms with Gasteiger partial charge in [-0.3, -0.25) is 14.4 Å². The molecule has 0 aliphatic carbocycles. The number of aliphatic hydroxyl groups excluding tert-OH is 2. The number of nitrogen functional groups attached to an aromatic ring is 1. The van der Waals surface area contributed by atoms with Crippen LogP contribution in [0.15, 0.2) is 17.5 Å². The quantitative estimate of drug-likeness (QED) is 0.0820. The van der Waals surface area contributed by atoms with Crippen LogP contribution in [-0.2, 0) is 19.1 Å². The third-order valence-electron chi connectivity index (χ3n) is 6.57. The number of anilines is 1. The number of rotatable bonds is 9. The highest BCUT2D eigenvalue weighted by Gasteiger charge is 2.65. The van der Waals surface area contributed by atoms with E-state index >= 15 is 0 Å². The average Bonchev–Trinajstić information content (AvgIpc) is 3.41. The van der Waals surface area contributed by atoms with Crippen molar-refractivity contribution >= 4 is 34.9 Å². The Morgan fingerprint density at radius 3 is 2.74 bits per heavy atom. The minimum Gasteiger partial charge on any atom is -0.480 e. The van der Waals surface area contributed by atoms with Crippen molar-refractivity contribution in [2.45, 2.75) is 61.2 Å². The van der Waals surface area contributed by atoms with Crippen LogP contribution in [0.25, 0.3) is 11.2 Å². The molecule has 2 aliphatic rings. The monoisotopic (exact) mass is 538 g/mol. The first-order valence-corrected chi connectivity index (χ1v) is 11.6. The number of imidazole rings is 1. The Bertz CT molecular complexity index is 1220. The number of carboxylic acid groups (broad SMARTS) is 1. The largest absolute Gasteiger partial charge is 0.480 e. The number of guanidine groups is 1. The van der Waals surface area contributed by atoms with Crippen molar-refractivity contribution in [1.82, 2.24) is 24.8 Å². The van der Waals surface area contributed by atoms with Gasteiger partial charge >= 0.3 is 5.97 Å². The van der Waals surface area contributed by atoms with Crippen LogP contribution in [-0.4, -0.2) is 113 Å². The van der Waals surface area contributed by atoms with Crippen molar-refractivity contribution in [3.05, 3.63) is 12.5 Å². The summed E-state index contributed by atoms with van der Waals surface area (Å²) in [5.74, 6) is -2.67. The van der Waals surface area contributed by atoms with E-state index in [1.165, 1.54) is 17.1 Å². The summed E-state index contributed by atoms with van der Waals surface area (Å²) in [7, 11) is 0. The van der Waals surface area contributed by atoms with Gasteiger partial charge in [-0.15, -0.1) is 0 Å². The Morgan fingerprint density at radius 2 is 2.05 bits per heavy atom. The first-order chi connectivity index (χ1) is 17.9. The molecule has 2 aromatic rings. The van der Waals surface area contributed by atoms with Crippen LogP contribution in [0.1, 0.15) is 19.1 Å². The number of hydrogen-bond donors (Lipinski definition) is 9. The van der Waals surface area contributed by atoms with Gasteiger partial charge in [0, 0.05) is 6.54 Å². The molecule has 2 fully saturated rings. The maximum atomic E-state index is 12.7. The number of nitrogens with two attached hydrogens (primary N) is 4. The molecule has 4 heterocycles. The molecule has 18 nitrogen and oxygen atoms in total. The second-order valence-corrected chi connectivity index (χ2v) is 9.06. The lowest BCUT2D eigenvalue weighted by atomic mass is 9.79. The number of aliphatic imine (C=N–C) groups is 1. The first kappa shape index (κ1) is 27.4. The second-order valence-electron chi connectivity index (χ2n) is 9.06. The van der Waals surface area contributed by atoms with E-state index in [1.54, 1.807) is 0 Å². The number of carbonyl (C=O) groups is 2. The van der Waals surface area contributed by atoms with Gasteiger partial charge in [0.15, 0.2) is 29.5 Å². The van der Waals surface area contributed by atoms with Gasteiger partial charge < -0.3 is 58.2 Å². The molecule has 13 N–H and O–H groups in total. The number of hydrogen-bond acceptors (Lipinski definition) is 13. The van der Waals surface area contributed by atoms with E-state index in [0.29, 0.717) is 11.9 Å². The molecule has 208 valence electrons. The fourth-order valence-corrected chi connectivity index (χ4v) is 4.59. The number of aliphatic hydroxyl groups is 3. The molecule has 1 amide bonds. The normalized spacial score (nSPS) is 30.4. The minimum absolute atomic E-state index is 0.0983. The summed E-state index contributed by atoms with van der Waals surface area (Å²) in [6, 6.07) is -3.04. The summed E-state index contributed by atoms with van der Waals surface area (Å²) in [6.07, 6.45) is -5.06. The van der Waals surface area contributed by atoms with Crippen molar-refractivity contribution in [1.29, 1.82) is 0 Å². The zero-order chi connectivity index (χ0) is 27.8. The third-order valence-corrected chi connectivity index (χ3v) is 6.57. The predicted octanol–water partition coefficient (Wildman–Crippen LogP) is -4.89. The topological polar surface area (TPSA) is 306 Å². The lowest BCUT2D eigenvalue weighted by Crippen LogP contribution is -2.71. The number of carboxylic acids is 1. The molecule has 0 aromatic carbocycles. The Labute approximate surface area is 214 Å². The van der Waals surface area contributed by atoms with E-state index in [-0.39, 0.29) is 37.1 Å². The van der Waals surface area contributed by atoms with Crippen LogP contribution >= 0.6 is 0 Å². The molecule has 2 aromatic heterocycles. The molecule has 4 rings (SSSR count). The zero-order valence-corrected chi connectivity index (χ0v) is 20.0. The van der Waals surface area contributed by atoms with E-state index in [4.69, 9.17) is 32.4 Å². The fraction of sp³-hybridized carbons (Fsp3) is 0.600. The smallest absolute Gasteiger partial charge is 0.329 e. The fourth-order valence-electron chi connectivity index (χ4n) is 4.59. The van der Waals surface area contributed by atoms with Crippen molar-refractivity contribution in [2.24, 2.45) is 22.2 Å². The first-order valence-electron chi connectivity index (χ1n) is 11.6. The van der Waals surface area contributed by atoms with Crippen LogP contribution in [0, 0.1) is 0 Å². The minimum atomic E-state index is -2.39. The Kier molecular flexibility index (Phi) is 7.63. The summed E-state index contributed by atoms with van der Waals surface area (Å²) >= 11 is 0. The highest BCUT2D eigenvalue weighted by molar-refractivity contribution is 5.87. The maximum absolute atomic E-state index is 12.7. The van der Waals surface area contributed by atoms with Gasteiger partial charge in [-0.05, 0) is 12.8 Å². The molecule has 0 spiro atoms. The summed E-state index contributed by atoms with van der Waals surface area (Å²) < 4.78 is 12.8. The number of ether oxygens (including phenoxy) is 2. The van der Waals surface area contributed by atoms with E-state index in [0.717, 1.165) is 0 Å². The summed E-state index contributed by atoms with van der Waals surface area (Å²) in [5.41, 5.74) is 20.2. The van der Waals surface area contributed by atoms with Gasteiger partial charge in [0.2, 0.25) is 11.9 Å². The summed E-state index contributed by atoms with van der Waals surface area (Å²) in [4.78, 5) is 40.9. The second kappa shape index (κ2) is 10.6. The van der Waals surface area contributed by atoms with Gasteiger partial charge in [0.1, 0.15) is 29.9 Å². The van der Waals surface area contributed by atoms with E-state index in [2.05, 4.69) is 25.3 Å². The molecule has 2 saturated heterocycles. The molecule has 0 bridgehead atoms. The van der Waals surface area contributed by atoms with Crippen LogP contribution in [0.4, 0.5) is 5.95 Å². The molecule has 2 aliphatic heterocycles. The van der Waals surface area contributed by atoms with Crippen LogP contribution in [0.3, 0.4) is 0 Å². The third kappa shape index (κ3) is 4.91. The van der Waals surface area contributed by atoms with Crippen LogP contribution in [0.2, 0.25) is 0 Å². The van der Waals surface area contributed by atoms with Gasteiger partial charge in [0.05, 0.1) is 25.2 Å². The van der Waals surface area contributed by atoms with Crippen molar-refractivity contribution < 1.29 is 39.5 Å². The Morgan fingerprint density at radius 1 is 1.32 bits per heavy atom. The number of nitrogens with zero attached hydrogens (tertiary/aromatic N) is 5. The summed E-state index contributed by atoms with van der Waals surface area (Å²) in [6.45, 7) is -0.184. The molecule has 0 saturated carbocycles. The predicted molar refractivity (Wildman–Crippen MR) is 128 cm³/mol. The molecule has 38 heavy (non-hydrogen) atoms. The molecular formula is C20H30N10O8. The van der Waals surface area contributed by atoms with Gasteiger partial charge in [-0.25, -0.2) is 14.8 Å². The molecule has 18 heteroatoms. The zero-order valence-electron chi connectivity index (χ0n) is 20.0. The number of aromatic nitrogens is 4.